The van der Waals surface area contributed by atoms with Crippen LogP contribution in [0.3, 0.4) is 0 Å². The van der Waals surface area contributed by atoms with Gasteiger partial charge in [-0.05, 0) is 54.2 Å². The Bertz CT molecular complexity index is 1130. The standard InChI is InChI=1S/C24H24ClNO5/c25-19-11-22-21(30-13-31-22)9-15(19)8-18-17-10-16(29-12-14-4-2-1-3-5-14)6-7-20(17)26-23(18)24(27)28/h6-7,9-11,14,26H,1-5,8,12-13H2,(H,27,28). The lowest BCUT2D eigenvalue weighted by molar-refractivity contribution is 0.0690. The van der Waals surface area contributed by atoms with Gasteiger partial charge in [-0.1, -0.05) is 30.9 Å². The summed E-state index contributed by atoms with van der Waals surface area (Å²) in [5, 5.41) is 11.1. The van der Waals surface area contributed by atoms with Gasteiger partial charge in [0.1, 0.15) is 11.4 Å². The molecule has 5 rings (SSSR count). The van der Waals surface area contributed by atoms with E-state index in [9.17, 15) is 9.90 Å². The van der Waals surface area contributed by atoms with E-state index >= 15 is 0 Å². The second-order valence-electron chi connectivity index (χ2n) is 8.28. The highest BCUT2D eigenvalue weighted by Gasteiger charge is 2.22. The molecular weight excluding hydrogens is 418 g/mol. The lowest BCUT2D eigenvalue weighted by Crippen LogP contribution is -2.15. The molecule has 6 nitrogen and oxygen atoms in total. The number of hydrogen-bond donors (Lipinski definition) is 2. The van der Waals surface area contributed by atoms with E-state index in [0.717, 1.165) is 22.2 Å². The number of carboxylic acid groups (broad SMARTS) is 1. The maximum atomic E-state index is 11.9. The van der Waals surface area contributed by atoms with Gasteiger partial charge in [-0.3, -0.25) is 0 Å². The lowest BCUT2D eigenvalue weighted by Gasteiger charge is -2.21. The molecule has 2 aromatic carbocycles. The highest BCUT2D eigenvalue weighted by Crippen LogP contribution is 2.39. The van der Waals surface area contributed by atoms with Crippen molar-refractivity contribution in [3.8, 4) is 17.2 Å². The minimum absolute atomic E-state index is 0.157. The summed E-state index contributed by atoms with van der Waals surface area (Å²) in [4.78, 5) is 15.0. The number of halogens is 1. The first-order valence-electron chi connectivity index (χ1n) is 10.7. The number of ether oxygens (including phenoxy) is 3. The zero-order valence-electron chi connectivity index (χ0n) is 17.1. The van der Waals surface area contributed by atoms with E-state index in [1.165, 1.54) is 32.1 Å². The fourth-order valence-corrected chi connectivity index (χ4v) is 4.76. The minimum Gasteiger partial charge on any atom is -0.493 e. The number of nitrogens with one attached hydrogen (secondary N) is 1. The maximum absolute atomic E-state index is 11.9. The van der Waals surface area contributed by atoms with Gasteiger partial charge in [-0.15, -0.1) is 0 Å². The Hall–Kier alpha value is -2.86. The van der Waals surface area contributed by atoms with E-state index < -0.39 is 5.97 Å². The van der Waals surface area contributed by atoms with Crippen molar-refractivity contribution in [2.24, 2.45) is 5.92 Å². The Balaban J connectivity index is 1.47. The average Bonchev–Trinajstić information content (AvgIpc) is 3.37. The Morgan fingerprint density at radius 3 is 2.68 bits per heavy atom. The van der Waals surface area contributed by atoms with Crippen LogP contribution < -0.4 is 14.2 Å². The summed E-state index contributed by atoms with van der Waals surface area (Å²) >= 11 is 6.46. The van der Waals surface area contributed by atoms with Crippen LogP contribution in [0.5, 0.6) is 17.2 Å². The summed E-state index contributed by atoms with van der Waals surface area (Å²) in [5.74, 6) is 1.56. The van der Waals surface area contributed by atoms with Gasteiger partial charge in [0.05, 0.1) is 6.61 Å². The number of aromatic carboxylic acids is 1. The summed E-state index contributed by atoms with van der Waals surface area (Å²) in [7, 11) is 0. The van der Waals surface area contributed by atoms with Crippen molar-refractivity contribution in [3.63, 3.8) is 0 Å². The van der Waals surface area contributed by atoms with Gasteiger partial charge in [0, 0.05) is 28.4 Å². The molecule has 1 fully saturated rings. The van der Waals surface area contributed by atoms with Crippen LogP contribution >= 0.6 is 11.6 Å². The van der Waals surface area contributed by atoms with Crippen molar-refractivity contribution in [2.75, 3.05) is 13.4 Å². The average molecular weight is 442 g/mol. The molecule has 0 unspecified atom stereocenters. The van der Waals surface area contributed by atoms with Gasteiger partial charge in [0.2, 0.25) is 6.79 Å². The molecule has 7 heteroatoms. The van der Waals surface area contributed by atoms with Gasteiger partial charge in [0.15, 0.2) is 11.5 Å². The molecule has 0 atom stereocenters. The predicted molar refractivity (Wildman–Crippen MR) is 118 cm³/mol. The Labute approximate surface area is 185 Å². The summed E-state index contributed by atoms with van der Waals surface area (Å²) < 4.78 is 16.9. The van der Waals surface area contributed by atoms with Crippen LogP contribution in [0.2, 0.25) is 5.02 Å². The first-order valence-corrected chi connectivity index (χ1v) is 11.0. The van der Waals surface area contributed by atoms with E-state index in [0.29, 0.717) is 41.0 Å². The fraction of sp³-hybridized carbons (Fsp3) is 0.375. The SMILES string of the molecule is O=C(O)c1[nH]c2ccc(OCC3CCCCC3)cc2c1Cc1cc2c(cc1Cl)OCO2. The van der Waals surface area contributed by atoms with Crippen molar-refractivity contribution < 1.29 is 24.1 Å². The molecule has 1 saturated carbocycles. The van der Waals surface area contributed by atoms with Gasteiger partial charge in [0.25, 0.3) is 0 Å². The molecule has 2 aliphatic rings. The zero-order chi connectivity index (χ0) is 21.4. The van der Waals surface area contributed by atoms with Gasteiger partial charge < -0.3 is 24.3 Å². The van der Waals surface area contributed by atoms with Gasteiger partial charge in [-0.2, -0.15) is 0 Å². The molecule has 2 N–H and O–H groups in total. The second-order valence-corrected chi connectivity index (χ2v) is 8.69. The summed E-state index contributed by atoms with van der Waals surface area (Å²) in [6.45, 7) is 0.856. The molecule has 0 spiro atoms. The molecule has 1 aromatic heterocycles. The number of carboxylic acids is 1. The molecule has 1 aliphatic carbocycles. The molecule has 162 valence electrons. The number of H-pyrrole nitrogens is 1. The Morgan fingerprint density at radius 2 is 1.90 bits per heavy atom. The van der Waals surface area contributed by atoms with Gasteiger partial charge in [-0.25, -0.2) is 4.79 Å². The molecule has 0 saturated heterocycles. The number of rotatable bonds is 6. The highest BCUT2D eigenvalue weighted by molar-refractivity contribution is 6.31. The van der Waals surface area contributed by atoms with Crippen molar-refractivity contribution in [2.45, 2.75) is 38.5 Å². The molecule has 3 aromatic rings. The van der Waals surface area contributed by atoms with Crippen molar-refractivity contribution in [1.29, 1.82) is 0 Å². The normalized spacial score (nSPS) is 16.0. The first kappa shape index (κ1) is 20.1. The van der Waals surface area contributed by atoms with Crippen molar-refractivity contribution in [1.82, 2.24) is 4.98 Å². The number of hydrogen-bond acceptors (Lipinski definition) is 4. The van der Waals surface area contributed by atoms with Crippen LogP contribution in [0.25, 0.3) is 10.9 Å². The van der Waals surface area contributed by atoms with Crippen LogP contribution in [0.1, 0.15) is 53.7 Å². The first-order chi connectivity index (χ1) is 15.1. The van der Waals surface area contributed by atoms with Crippen LogP contribution in [0.4, 0.5) is 0 Å². The smallest absolute Gasteiger partial charge is 0.352 e. The second kappa shape index (κ2) is 8.35. The highest BCUT2D eigenvalue weighted by atomic mass is 35.5. The monoisotopic (exact) mass is 441 g/mol. The zero-order valence-corrected chi connectivity index (χ0v) is 17.8. The quantitative estimate of drug-likeness (QED) is 0.505. The third-order valence-electron chi connectivity index (χ3n) is 6.21. The Morgan fingerprint density at radius 1 is 1.13 bits per heavy atom. The number of benzene rings is 2. The number of aromatic nitrogens is 1. The topological polar surface area (TPSA) is 80.8 Å². The third kappa shape index (κ3) is 4.04. The molecule has 0 radical (unpaired) electrons. The molecular formula is C24H24ClNO5. The number of aromatic amines is 1. The maximum Gasteiger partial charge on any atom is 0.352 e. The van der Waals surface area contributed by atoms with E-state index in [1.807, 2.05) is 24.3 Å². The van der Waals surface area contributed by atoms with Crippen molar-refractivity contribution >= 4 is 28.5 Å². The third-order valence-corrected chi connectivity index (χ3v) is 6.56. The van der Waals surface area contributed by atoms with E-state index in [1.54, 1.807) is 6.07 Å². The van der Waals surface area contributed by atoms with Crippen LogP contribution in [0.15, 0.2) is 30.3 Å². The summed E-state index contributed by atoms with van der Waals surface area (Å²) in [5.41, 5.74) is 2.37. The largest absolute Gasteiger partial charge is 0.493 e. The van der Waals surface area contributed by atoms with E-state index in [4.69, 9.17) is 25.8 Å². The van der Waals surface area contributed by atoms with Crippen LogP contribution in [0, 0.1) is 5.92 Å². The Kier molecular flexibility index (Phi) is 5.40. The predicted octanol–water partition coefficient (Wildman–Crippen LogP) is 5.80. The summed E-state index contributed by atoms with van der Waals surface area (Å²) in [6.07, 6.45) is 6.63. The molecule has 0 amide bonds. The molecule has 1 aliphatic heterocycles. The number of carbonyl (C=O) groups is 1. The van der Waals surface area contributed by atoms with Crippen molar-refractivity contribution in [3.05, 3.63) is 52.2 Å². The number of fused-ring (bicyclic) bond motifs is 2. The van der Waals surface area contributed by atoms with Crippen LogP contribution in [-0.4, -0.2) is 29.5 Å². The minimum atomic E-state index is -1.01. The molecule has 31 heavy (non-hydrogen) atoms. The lowest BCUT2D eigenvalue weighted by atomic mass is 9.90. The van der Waals surface area contributed by atoms with E-state index in [-0.39, 0.29) is 12.5 Å². The van der Waals surface area contributed by atoms with Gasteiger partial charge >= 0.3 is 5.97 Å². The van der Waals surface area contributed by atoms with E-state index in [2.05, 4.69) is 4.98 Å². The molecule has 0 bridgehead atoms. The molecule has 2 heterocycles. The fourth-order valence-electron chi connectivity index (χ4n) is 4.54. The summed E-state index contributed by atoms with van der Waals surface area (Å²) in [6, 6.07) is 9.23. The van der Waals surface area contributed by atoms with Crippen LogP contribution in [-0.2, 0) is 6.42 Å².